The van der Waals surface area contributed by atoms with Crippen LogP contribution in [0, 0.1) is 17.6 Å². The minimum atomic E-state index is -5.91. The minimum Gasteiger partial charge on any atom is -0.469 e. The average molecular weight is 281 g/mol. The van der Waals surface area contributed by atoms with Crippen molar-refractivity contribution in [2.24, 2.45) is 0 Å². The SMILES string of the molecule is Fc1cc(F)c(OCC(F)(F)C(F)(F)F)nc1F. The first-order valence-corrected chi connectivity index (χ1v) is 4.13. The third-order valence-electron chi connectivity index (χ3n) is 1.66. The lowest BCUT2D eigenvalue weighted by Crippen LogP contribution is -2.42. The molecule has 0 atom stereocenters. The zero-order valence-corrected chi connectivity index (χ0v) is 8.16. The Labute approximate surface area is 94.2 Å². The first kappa shape index (κ1) is 14.5. The molecular formula is C8H3F8NO. The number of alkyl halides is 5. The van der Waals surface area contributed by atoms with Crippen LogP contribution in [0.25, 0.3) is 0 Å². The van der Waals surface area contributed by atoms with Crippen molar-refractivity contribution < 1.29 is 39.9 Å². The van der Waals surface area contributed by atoms with E-state index in [0.717, 1.165) is 0 Å². The lowest BCUT2D eigenvalue weighted by Gasteiger charge is -2.19. The van der Waals surface area contributed by atoms with Crippen molar-refractivity contribution in [1.82, 2.24) is 4.98 Å². The van der Waals surface area contributed by atoms with Gasteiger partial charge in [-0.15, -0.1) is 0 Å². The molecule has 102 valence electrons. The van der Waals surface area contributed by atoms with Gasteiger partial charge in [-0.3, -0.25) is 0 Å². The van der Waals surface area contributed by atoms with Gasteiger partial charge < -0.3 is 4.74 Å². The lowest BCUT2D eigenvalue weighted by atomic mass is 10.3. The molecule has 0 fully saturated rings. The van der Waals surface area contributed by atoms with Crippen LogP contribution in [0.2, 0.25) is 0 Å². The molecule has 0 saturated carbocycles. The second-order valence-corrected chi connectivity index (χ2v) is 3.04. The summed E-state index contributed by atoms with van der Waals surface area (Å²) in [6.45, 7) is -2.30. The predicted octanol–water partition coefficient (Wildman–Crippen LogP) is 3.08. The highest BCUT2D eigenvalue weighted by Gasteiger charge is 2.58. The fraction of sp³-hybridized carbons (Fsp3) is 0.375. The van der Waals surface area contributed by atoms with Crippen LogP contribution in [-0.4, -0.2) is 23.7 Å². The first-order valence-electron chi connectivity index (χ1n) is 4.13. The van der Waals surface area contributed by atoms with Gasteiger partial charge in [0.05, 0.1) is 0 Å². The summed E-state index contributed by atoms with van der Waals surface area (Å²) in [6, 6.07) is -0.0939. The topological polar surface area (TPSA) is 22.1 Å². The van der Waals surface area contributed by atoms with E-state index < -0.39 is 42.2 Å². The van der Waals surface area contributed by atoms with Crippen LogP contribution in [0.4, 0.5) is 35.1 Å². The zero-order chi connectivity index (χ0) is 14.1. The Morgan fingerprint density at radius 2 is 1.56 bits per heavy atom. The molecular weight excluding hydrogens is 278 g/mol. The molecule has 1 aromatic heterocycles. The normalized spacial score (nSPS) is 12.7. The largest absolute Gasteiger partial charge is 0.469 e. The Hall–Kier alpha value is -1.61. The summed E-state index contributed by atoms with van der Waals surface area (Å²) >= 11 is 0. The summed E-state index contributed by atoms with van der Waals surface area (Å²) in [6.07, 6.45) is -5.91. The smallest absolute Gasteiger partial charge is 0.456 e. The quantitative estimate of drug-likeness (QED) is 0.627. The van der Waals surface area contributed by atoms with E-state index in [2.05, 4.69) is 9.72 Å². The highest BCUT2D eigenvalue weighted by atomic mass is 19.4. The second-order valence-electron chi connectivity index (χ2n) is 3.04. The van der Waals surface area contributed by atoms with E-state index in [9.17, 15) is 35.1 Å². The van der Waals surface area contributed by atoms with Gasteiger partial charge in [0, 0.05) is 6.07 Å². The van der Waals surface area contributed by atoms with Gasteiger partial charge in [-0.2, -0.15) is 31.3 Å². The minimum absolute atomic E-state index is 0.0939. The molecule has 0 aliphatic heterocycles. The molecule has 0 aromatic carbocycles. The maximum Gasteiger partial charge on any atom is 0.456 e. The van der Waals surface area contributed by atoms with Crippen LogP contribution < -0.4 is 4.74 Å². The predicted molar refractivity (Wildman–Crippen MR) is 40.6 cm³/mol. The van der Waals surface area contributed by atoms with Crippen molar-refractivity contribution in [3.8, 4) is 5.88 Å². The standard InChI is InChI=1S/C8H3F8NO/c9-3-1-4(10)6(17-5(3)11)18-2-7(12,13)8(14,15)16/h1H,2H2. The van der Waals surface area contributed by atoms with Crippen LogP contribution in [-0.2, 0) is 0 Å². The van der Waals surface area contributed by atoms with Gasteiger partial charge in [-0.1, -0.05) is 0 Å². The highest BCUT2D eigenvalue weighted by Crippen LogP contribution is 2.35. The fourth-order valence-electron chi connectivity index (χ4n) is 0.771. The molecule has 0 aliphatic carbocycles. The molecule has 0 N–H and O–H groups in total. The van der Waals surface area contributed by atoms with Gasteiger partial charge in [-0.05, 0) is 0 Å². The van der Waals surface area contributed by atoms with Gasteiger partial charge in [0.2, 0.25) is 0 Å². The van der Waals surface area contributed by atoms with E-state index in [0.29, 0.717) is 0 Å². The maximum atomic E-state index is 12.8. The molecule has 10 heteroatoms. The van der Waals surface area contributed by atoms with Crippen molar-refractivity contribution in [2.75, 3.05) is 6.61 Å². The number of rotatable bonds is 3. The van der Waals surface area contributed by atoms with Crippen LogP contribution in [0.5, 0.6) is 5.88 Å². The third-order valence-corrected chi connectivity index (χ3v) is 1.66. The molecule has 18 heavy (non-hydrogen) atoms. The number of ether oxygens (including phenoxy) is 1. The Morgan fingerprint density at radius 1 is 1.00 bits per heavy atom. The number of halogens is 8. The summed E-state index contributed by atoms with van der Waals surface area (Å²) in [7, 11) is 0. The van der Waals surface area contributed by atoms with Gasteiger partial charge in [0.25, 0.3) is 11.8 Å². The summed E-state index contributed by atoms with van der Waals surface area (Å²) in [4.78, 5) is 2.42. The molecule has 0 saturated heterocycles. The van der Waals surface area contributed by atoms with Crippen molar-refractivity contribution in [2.45, 2.75) is 12.1 Å². The van der Waals surface area contributed by atoms with E-state index in [1.54, 1.807) is 0 Å². The van der Waals surface area contributed by atoms with Crippen LogP contribution >= 0.6 is 0 Å². The Kier molecular flexibility index (Phi) is 3.67. The van der Waals surface area contributed by atoms with E-state index in [1.165, 1.54) is 0 Å². The molecule has 0 radical (unpaired) electrons. The molecule has 0 spiro atoms. The third kappa shape index (κ3) is 2.99. The lowest BCUT2D eigenvalue weighted by molar-refractivity contribution is -0.290. The molecule has 0 unspecified atom stereocenters. The van der Waals surface area contributed by atoms with Crippen molar-refractivity contribution in [3.63, 3.8) is 0 Å². The van der Waals surface area contributed by atoms with Gasteiger partial charge >= 0.3 is 12.1 Å². The number of nitrogens with zero attached hydrogens (tertiary/aromatic N) is 1. The number of aromatic nitrogens is 1. The van der Waals surface area contributed by atoms with Gasteiger partial charge in [-0.25, -0.2) is 8.78 Å². The van der Waals surface area contributed by atoms with Crippen LogP contribution in [0.1, 0.15) is 0 Å². The summed E-state index contributed by atoms with van der Waals surface area (Å²) in [5, 5.41) is 0. The van der Waals surface area contributed by atoms with Crippen molar-refractivity contribution in [1.29, 1.82) is 0 Å². The molecule has 1 heterocycles. The summed E-state index contributed by atoms with van der Waals surface area (Å²) in [5.41, 5.74) is 0. The van der Waals surface area contributed by atoms with E-state index in [1.807, 2.05) is 0 Å². The summed E-state index contributed by atoms with van der Waals surface area (Å²) in [5.74, 6) is -12.1. The zero-order valence-electron chi connectivity index (χ0n) is 8.16. The second kappa shape index (κ2) is 4.58. The number of pyridine rings is 1. The average Bonchev–Trinajstić information content (AvgIpc) is 2.20. The molecule has 0 aliphatic rings. The highest BCUT2D eigenvalue weighted by molar-refractivity contribution is 5.15. The Bertz CT molecular complexity index is 443. The first-order chi connectivity index (χ1) is 8.04. The molecule has 2 nitrogen and oxygen atoms in total. The van der Waals surface area contributed by atoms with E-state index in [4.69, 9.17) is 0 Å². The van der Waals surface area contributed by atoms with Gasteiger partial charge in [0.15, 0.2) is 18.2 Å². The van der Waals surface area contributed by atoms with Crippen molar-refractivity contribution in [3.05, 3.63) is 23.6 Å². The van der Waals surface area contributed by atoms with E-state index in [-0.39, 0.29) is 6.07 Å². The van der Waals surface area contributed by atoms with Gasteiger partial charge in [0.1, 0.15) is 0 Å². The van der Waals surface area contributed by atoms with E-state index >= 15 is 0 Å². The number of hydrogen-bond donors (Lipinski definition) is 0. The number of hydrogen-bond acceptors (Lipinski definition) is 2. The monoisotopic (exact) mass is 281 g/mol. The molecule has 0 amide bonds. The summed E-state index contributed by atoms with van der Waals surface area (Å²) < 4.78 is 101. The molecule has 0 bridgehead atoms. The van der Waals surface area contributed by atoms with Crippen LogP contribution in [0.3, 0.4) is 0 Å². The Morgan fingerprint density at radius 3 is 2.06 bits per heavy atom. The maximum absolute atomic E-state index is 12.8. The van der Waals surface area contributed by atoms with Crippen molar-refractivity contribution >= 4 is 0 Å². The van der Waals surface area contributed by atoms with Crippen LogP contribution in [0.15, 0.2) is 6.07 Å². The fourth-order valence-corrected chi connectivity index (χ4v) is 0.771. The molecule has 1 aromatic rings. The Balaban J connectivity index is 2.85. The molecule has 1 rings (SSSR count).